The average Bonchev–Trinajstić information content (AvgIpc) is 2.77. The molecule has 4 N–H and O–H groups in total. The van der Waals surface area contributed by atoms with Crippen molar-refractivity contribution >= 4 is 29.1 Å². The van der Waals surface area contributed by atoms with E-state index in [1.807, 2.05) is 36.4 Å². The van der Waals surface area contributed by atoms with Gasteiger partial charge < -0.3 is 15.3 Å². The van der Waals surface area contributed by atoms with E-state index >= 15 is 0 Å². The molecule has 31 heavy (non-hydrogen) atoms. The van der Waals surface area contributed by atoms with Crippen LogP contribution in [-0.4, -0.2) is 31.5 Å². The number of benzene rings is 2. The maximum atomic E-state index is 12.3. The SMILES string of the molecule is O=c1[nH]c(O)c(C=NCc2ccc(O)c(O)c2)c2cc(/C=C/c3ccncc3)ccc12. The molecule has 154 valence electrons. The molecule has 0 fully saturated rings. The molecule has 4 aromatic rings. The highest BCUT2D eigenvalue weighted by Gasteiger charge is 2.10. The number of rotatable bonds is 5. The van der Waals surface area contributed by atoms with Gasteiger partial charge >= 0.3 is 0 Å². The Morgan fingerprint density at radius 2 is 1.65 bits per heavy atom. The second kappa shape index (κ2) is 8.54. The number of phenols is 2. The van der Waals surface area contributed by atoms with Crippen LogP contribution in [0.3, 0.4) is 0 Å². The van der Waals surface area contributed by atoms with Gasteiger partial charge in [-0.25, -0.2) is 0 Å². The molecule has 7 heteroatoms. The van der Waals surface area contributed by atoms with Crippen molar-refractivity contribution in [2.45, 2.75) is 6.54 Å². The Kier molecular flexibility index (Phi) is 5.49. The Morgan fingerprint density at radius 1 is 0.871 bits per heavy atom. The van der Waals surface area contributed by atoms with Crippen LogP contribution in [0, 0.1) is 0 Å². The Labute approximate surface area is 177 Å². The molecule has 0 amide bonds. The van der Waals surface area contributed by atoms with Crippen LogP contribution in [0.4, 0.5) is 0 Å². The van der Waals surface area contributed by atoms with Gasteiger partial charge in [0.15, 0.2) is 11.5 Å². The first-order valence-electron chi connectivity index (χ1n) is 9.49. The van der Waals surface area contributed by atoms with Crippen molar-refractivity contribution in [1.82, 2.24) is 9.97 Å². The Morgan fingerprint density at radius 3 is 2.42 bits per heavy atom. The molecule has 0 saturated heterocycles. The quantitative estimate of drug-likeness (QED) is 0.293. The van der Waals surface area contributed by atoms with Gasteiger partial charge in [0.05, 0.1) is 12.1 Å². The Balaban J connectivity index is 1.68. The third-order valence-electron chi connectivity index (χ3n) is 4.77. The predicted octanol–water partition coefficient (Wildman–Crippen LogP) is 3.83. The molecule has 0 aliphatic heterocycles. The number of nitrogens with one attached hydrogen (secondary N) is 1. The monoisotopic (exact) mass is 413 g/mol. The second-order valence-corrected chi connectivity index (χ2v) is 6.93. The lowest BCUT2D eigenvalue weighted by atomic mass is 10.0. The van der Waals surface area contributed by atoms with Crippen molar-refractivity contribution in [3.63, 3.8) is 0 Å². The van der Waals surface area contributed by atoms with Crippen LogP contribution in [0.15, 0.2) is 70.7 Å². The molecule has 4 rings (SSSR count). The topological polar surface area (TPSA) is 119 Å². The molecule has 7 nitrogen and oxygen atoms in total. The molecule has 0 spiro atoms. The fraction of sp³-hybridized carbons (Fsp3) is 0.0417. The van der Waals surface area contributed by atoms with Gasteiger partial charge in [0.25, 0.3) is 5.56 Å². The predicted molar refractivity (Wildman–Crippen MR) is 120 cm³/mol. The summed E-state index contributed by atoms with van der Waals surface area (Å²) in [4.78, 5) is 23.0. The third kappa shape index (κ3) is 4.45. The fourth-order valence-corrected chi connectivity index (χ4v) is 3.16. The number of aromatic amines is 1. The van der Waals surface area contributed by atoms with Crippen LogP contribution in [0.1, 0.15) is 22.3 Å². The van der Waals surface area contributed by atoms with E-state index in [2.05, 4.69) is 15.0 Å². The minimum Gasteiger partial charge on any atom is -0.504 e. The lowest BCUT2D eigenvalue weighted by Crippen LogP contribution is -2.08. The lowest BCUT2D eigenvalue weighted by molar-refractivity contribution is 0.403. The minimum atomic E-state index is -0.391. The number of phenolic OH excluding ortho intramolecular Hbond substituents is 2. The summed E-state index contributed by atoms with van der Waals surface area (Å²) in [6.45, 7) is 0.218. The number of aliphatic imine (C=N–C) groups is 1. The summed E-state index contributed by atoms with van der Waals surface area (Å²) in [5.74, 6) is -0.704. The van der Waals surface area contributed by atoms with Crippen molar-refractivity contribution in [2.75, 3.05) is 0 Å². The van der Waals surface area contributed by atoms with E-state index in [9.17, 15) is 20.1 Å². The number of hydrogen-bond acceptors (Lipinski definition) is 6. The van der Waals surface area contributed by atoms with Crippen molar-refractivity contribution in [3.05, 3.63) is 93.5 Å². The Bertz CT molecular complexity index is 1360. The standard InChI is InChI=1S/C24H19N3O4/c28-21-6-4-17(12-22(21)29)13-26-14-20-19-11-16(2-1-15-7-9-25-10-8-15)3-5-18(19)23(30)27-24(20)31/h1-12,14,28-29H,13H2,(H2,27,30,31)/b2-1+,26-14?. The van der Waals surface area contributed by atoms with Gasteiger partial charge in [-0.05, 0) is 53.1 Å². The number of hydrogen-bond donors (Lipinski definition) is 4. The first-order chi connectivity index (χ1) is 15.0. The molecule has 0 bridgehead atoms. The van der Waals surface area contributed by atoms with Crippen molar-refractivity contribution in [2.24, 2.45) is 4.99 Å². The van der Waals surface area contributed by atoms with Crippen molar-refractivity contribution in [3.8, 4) is 17.4 Å². The minimum absolute atomic E-state index is 0.204. The number of aromatic hydroxyl groups is 3. The largest absolute Gasteiger partial charge is 0.504 e. The summed E-state index contributed by atoms with van der Waals surface area (Å²) in [5.41, 5.74) is 2.52. The lowest BCUT2D eigenvalue weighted by Gasteiger charge is -2.06. The average molecular weight is 413 g/mol. The second-order valence-electron chi connectivity index (χ2n) is 6.93. The number of aromatic nitrogens is 2. The summed E-state index contributed by atoms with van der Waals surface area (Å²) in [5, 5.41) is 30.3. The number of fused-ring (bicyclic) bond motifs is 1. The smallest absolute Gasteiger partial charge is 0.258 e. The van der Waals surface area contributed by atoms with Gasteiger partial charge in [-0.15, -0.1) is 0 Å². The highest BCUT2D eigenvalue weighted by molar-refractivity contribution is 6.02. The fourth-order valence-electron chi connectivity index (χ4n) is 3.16. The zero-order valence-corrected chi connectivity index (χ0v) is 16.4. The summed E-state index contributed by atoms with van der Waals surface area (Å²) in [6, 6.07) is 13.5. The molecule has 0 aliphatic rings. The highest BCUT2D eigenvalue weighted by Crippen LogP contribution is 2.26. The highest BCUT2D eigenvalue weighted by atomic mass is 16.3. The molecule has 0 radical (unpaired) electrons. The summed E-state index contributed by atoms with van der Waals surface area (Å²) < 4.78 is 0. The van der Waals surface area contributed by atoms with Gasteiger partial charge in [0.2, 0.25) is 5.88 Å². The third-order valence-corrected chi connectivity index (χ3v) is 4.77. The molecule has 2 aromatic carbocycles. The molecular weight excluding hydrogens is 394 g/mol. The molecular formula is C24H19N3O4. The summed E-state index contributed by atoms with van der Waals surface area (Å²) >= 11 is 0. The molecule has 0 aliphatic carbocycles. The van der Waals surface area contributed by atoms with E-state index in [1.165, 1.54) is 18.3 Å². The van der Waals surface area contributed by atoms with Gasteiger partial charge in [-0.3, -0.25) is 19.8 Å². The van der Waals surface area contributed by atoms with E-state index in [1.54, 1.807) is 24.5 Å². The van der Waals surface area contributed by atoms with Crippen LogP contribution in [0.25, 0.3) is 22.9 Å². The number of H-pyrrole nitrogens is 1. The Hall–Kier alpha value is -4.39. The van der Waals surface area contributed by atoms with Crippen LogP contribution >= 0.6 is 0 Å². The van der Waals surface area contributed by atoms with Crippen LogP contribution in [0.2, 0.25) is 0 Å². The number of pyridine rings is 2. The zero-order chi connectivity index (χ0) is 21.8. The van der Waals surface area contributed by atoms with E-state index < -0.39 is 5.56 Å². The van der Waals surface area contributed by atoms with E-state index in [0.29, 0.717) is 21.9 Å². The van der Waals surface area contributed by atoms with E-state index in [0.717, 1.165) is 11.1 Å². The van der Waals surface area contributed by atoms with Crippen molar-refractivity contribution in [1.29, 1.82) is 0 Å². The molecule has 0 unspecified atom stereocenters. The molecule has 0 saturated carbocycles. The van der Waals surface area contributed by atoms with Gasteiger partial charge in [-0.2, -0.15) is 0 Å². The summed E-state index contributed by atoms with van der Waals surface area (Å²) in [7, 11) is 0. The van der Waals surface area contributed by atoms with Gasteiger partial charge in [-0.1, -0.05) is 24.3 Å². The van der Waals surface area contributed by atoms with Crippen LogP contribution in [-0.2, 0) is 6.54 Å². The zero-order valence-electron chi connectivity index (χ0n) is 16.4. The van der Waals surface area contributed by atoms with Crippen molar-refractivity contribution < 1.29 is 15.3 Å². The number of nitrogens with zero attached hydrogens (tertiary/aromatic N) is 2. The maximum absolute atomic E-state index is 12.3. The van der Waals surface area contributed by atoms with E-state index in [-0.39, 0.29) is 23.9 Å². The van der Waals surface area contributed by atoms with Crippen LogP contribution < -0.4 is 5.56 Å². The molecule has 2 aromatic heterocycles. The molecule has 0 atom stereocenters. The maximum Gasteiger partial charge on any atom is 0.258 e. The van der Waals surface area contributed by atoms with Gasteiger partial charge in [0, 0.05) is 29.4 Å². The molecule has 2 heterocycles. The first kappa shape index (κ1) is 19.9. The first-order valence-corrected chi connectivity index (χ1v) is 9.49. The van der Waals surface area contributed by atoms with E-state index in [4.69, 9.17) is 0 Å². The van der Waals surface area contributed by atoms with Gasteiger partial charge in [0.1, 0.15) is 0 Å². The normalized spacial score (nSPS) is 11.6. The summed E-state index contributed by atoms with van der Waals surface area (Å²) in [6.07, 6.45) is 8.74. The van der Waals surface area contributed by atoms with Crippen LogP contribution in [0.5, 0.6) is 17.4 Å².